The van der Waals surface area contributed by atoms with E-state index in [-0.39, 0.29) is 58.2 Å². The summed E-state index contributed by atoms with van der Waals surface area (Å²) in [6, 6.07) is -1.01. The molecule has 0 aromatic heterocycles. The Bertz CT molecular complexity index is 2410. The summed E-state index contributed by atoms with van der Waals surface area (Å²) in [5, 5.41) is 7.59. The molecule has 0 aromatic rings. The number of rotatable bonds is 89. The van der Waals surface area contributed by atoms with E-state index in [9.17, 15) is 52.5 Å². The van der Waals surface area contributed by atoms with Crippen LogP contribution in [0.3, 0.4) is 0 Å². The topological polar surface area (TPSA) is 304 Å². The largest absolute Gasteiger partial charge is 0.472 e. The number of unbranched alkanes of at least 4 members (excludes halogenated alkanes) is 56. The quantitative estimate of drug-likeness (QED) is 0.0124. The minimum absolute atomic E-state index is 0.118. The van der Waals surface area contributed by atoms with Crippen molar-refractivity contribution in [1.82, 2.24) is 16.0 Å². The summed E-state index contributed by atoms with van der Waals surface area (Å²) in [6.45, 7) is 6.98. The van der Waals surface area contributed by atoms with Gasteiger partial charge in [-0.3, -0.25) is 51.7 Å². The van der Waals surface area contributed by atoms with Gasteiger partial charge in [-0.2, -0.15) is 0 Å². The summed E-state index contributed by atoms with van der Waals surface area (Å²) in [5.41, 5.74) is 0. The predicted molar refractivity (Wildman–Crippen MR) is 460 cm³/mol. The third kappa shape index (κ3) is 82.0. The number of amides is 3. The monoisotopic (exact) mass is 1660 g/mol. The maximum Gasteiger partial charge on any atom is 0.472 e. The molecule has 0 aromatic carbocycles. The van der Waals surface area contributed by atoms with Gasteiger partial charge in [-0.05, 0) is 31.8 Å². The van der Waals surface area contributed by atoms with Gasteiger partial charge < -0.3 is 44.7 Å². The zero-order valence-electron chi connectivity index (χ0n) is 73.2. The third-order valence-corrected chi connectivity index (χ3v) is 22.9. The van der Waals surface area contributed by atoms with Crippen LogP contribution < -0.4 is 16.0 Å². The predicted octanol–water partition coefficient (Wildman–Crippen LogP) is 24.2. The molecule has 22 nitrogen and oxygen atoms in total. The fraction of sp³-hybridized carbons (Fsp3) is 0.900. The smallest absolute Gasteiger partial charge is 0.462 e. The van der Waals surface area contributed by atoms with Crippen LogP contribution in [0.5, 0.6) is 0 Å². The van der Waals surface area contributed by atoms with Gasteiger partial charge in [0.15, 0.2) is 6.10 Å². The summed E-state index contributed by atoms with van der Waals surface area (Å²) >= 11 is 0. The molecule has 0 heterocycles. The van der Waals surface area contributed by atoms with Crippen LogP contribution in [-0.2, 0) is 79.7 Å². The van der Waals surface area contributed by atoms with Crippen molar-refractivity contribution in [2.75, 3.05) is 46.1 Å². The molecule has 670 valence electrons. The minimum Gasteiger partial charge on any atom is -0.462 e. The highest BCUT2D eigenvalue weighted by Gasteiger charge is 2.28. The average molecular weight is 1660 g/mol. The lowest BCUT2D eigenvalue weighted by atomic mass is 10.0. The van der Waals surface area contributed by atoms with Crippen LogP contribution in [0.2, 0.25) is 0 Å². The average Bonchev–Trinajstić information content (AvgIpc) is 0.914. The van der Waals surface area contributed by atoms with Gasteiger partial charge in [0.25, 0.3) is 0 Å². The number of esters is 4. The Balaban J connectivity index is 5.28. The molecule has 0 aliphatic heterocycles. The molecule has 0 saturated carbocycles. The lowest BCUT2D eigenvalue weighted by molar-refractivity contribution is -0.161. The van der Waals surface area contributed by atoms with Gasteiger partial charge in [0.1, 0.15) is 12.7 Å². The van der Waals surface area contributed by atoms with E-state index in [1.807, 2.05) is 0 Å². The SMILES string of the molecule is CCCCCCCCCCCCCCCCCC(=O)OC=CC(COP(=O)(O)OCCNC(=O)CC(CC(=O)NCCOP(=O)(O)OCC(COC(=O)CCCCCCCCCCCCCCCCC)OC(=O)CCCCCCCCCCCCCCCCC)NC(C)=O)OC(=O)CCCCCCCCCCCCCCCCC. The van der Waals surface area contributed by atoms with Crippen LogP contribution in [0, 0.1) is 0 Å². The van der Waals surface area contributed by atoms with Crippen LogP contribution in [0.15, 0.2) is 12.3 Å². The summed E-state index contributed by atoms with van der Waals surface area (Å²) in [6.07, 6.45) is 71.1. The Morgan fingerprint density at radius 3 is 0.886 bits per heavy atom. The Morgan fingerprint density at radius 1 is 0.325 bits per heavy atom. The van der Waals surface area contributed by atoms with E-state index in [0.29, 0.717) is 25.7 Å². The van der Waals surface area contributed by atoms with Crippen LogP contribution in [0.25, 0.3) is 0 Å². The summed E-state index contributed by atoms with van der Waals surface area (Å²) in [4.78, 5) is 111. The number of carbonyl (C=O) groups is 7. The summed E-state index contributed by atoms with van der Waals surface area (Å²) < 4.78 is 68.9. The maximum absolute atomic E-state index is 13.1. The molecule has 5 N–H and O–H groups in total. The second-order valence-electron chi connectivity index (χ2n) is 32.1. The lowest BCUT2D eigenvalue weighted by Crippen LogP contribution is -2.42. The molecule has 0 fully saturated rings. The first-order valence-electron chi connectivity index (χ1n) is 46.8. The third-order valence-electron chi connectivity index (χ3n) is 20.9. The maximum atomic E-state index is 13.1. The molecule has 24 heteroatoms. The van der Waals surface area contributed by atoms with E-state index in [0.717, 1.165) is 96.2 Å². The van der Waals surface area contributed by atoms with Crippen molar-refractivity contribution in [2.24, 2.45) is 0 Å². The minimum atomic E-state index is -4.81. The zero-order valence-corrected chi connectivity index (χ0v) is 75.0. The Labute approximate surface area is 694 Å². The molecule has 0 rings (SSSR count). The van der Waals surface area contributed by atoms with Crippen LogP contribution in [-0.4, -0.2) is 116 Å². The molecule has 0 bridgehead atoms. The highest BCUT2D eigenvalue weighted by Crippen LogP contribution is 2.44. The van der Waals surface area contributed by atoms with Crippen molar-refractivity contribution in [3.05, 3.63) is 12.3 Å². The summed E-state index contributed by atoms with van der Waals surface area (Å²) in [5.74, 6) is -3.87. The van der Waals surface area contributed by atoms with Gasteiger partial charge >= 0.3 is 39.5 Å². The van der Waals surface area contributed by atoms with Crippen LogP contribution in [0.1, 0.15) is 458 Å². The highest BCUT2D eigenvalue weighted by molar-refractivity contribution is 7.47. The van der Waals surface area contributed by atoms with E-state index in [1.54, 1.807) is 0 Å². The number of nitrogens with one attached hydrogen (secondary N) is 3. The van der Waals surface area contributed by atoms with Gasteiger partial charge in [0.05, 0.1) is 32.7 Å². The molecule has 0 aliphatic rings. The van der Waals surface area contributed by atoms with Crippen molar-refractivity contribution < 1.29 is 89.5 Å². The number of ether oxygens (including phenoxy) is 4. The molecule has 5 unspecified atom stereocenters. The lowest BCUT2D eigenvalue weighted by Gasteiger charge is -2.20. The van der Waals surface area contributed by atoms with Gasteiger partial charge in [0.2, 0.25) is 17.7 Å². The van der Waals surface area contributed by atoms with E-state index in [4.69, 9.17) is 37.0 Å². The molecule has 114 heavy (non-hydrogen) atoms. The second-order valence-corrected chi connectivity index (χ2v) is 35.0. The second kappa shape index (κ2) is 82.9. The van der Waals surface area contributed by atoms with Gasteiger partial charge in [-0.1, -0.05) is 387 Å². The number of hydrogen-bond donors (Lipinski definition) is 5. The number of hydrogen-bond acceptors (Lipinski definition) is 17. The van der Waals surface area contributed by atoms with Crippen molar-refractivity contribution >= 4 is 57.2 Å². The van der Waals surface area contributed by atoms with E-state index >= 15 is 0 Å². The number of phosphoric ester groups is 2. The fourth-order valence-corrected chi connectivity index (χ4v) is 15.5. The molecule has 0 radical (unpaired) electrons. The number of phosphoric acid groups is 2. The molecule has 0 spiro atoms. The number of carbonyl (C=O) groups excluding carboxylic acids is 7. The normalized spacial score (nSPS) is 13.4. The highest BCUT2D eigenvalue weighted by atomic mass is 31.2. The van der Waals surface area contributed by atoms with Gasteiger partial charge in [0, 0.05) is 64.6 Å². The van der Waals surface area contributed by atoms with Crippen molar-refractivity contribution in [2.45, 2.75) is 477 Å². The van der Waals surface area contributed by atoms with Crippen molar-refractivity contribution in [3.63, 3.8) is 0 Å². The molecule has 5 atom stereocenters. The first-order valence-corrected chi connectivity index (χ1v) is 49.8. The molecular weight excluding hydrogens is 1490 g/mol. The fourth-order valence-electron chi connectivity index (χ4n) is 14.0. The molecule has 0 aliphatic carbocycles. The van der Waals surface area contributed by atoms with Crippen LogP contribution >= 0.6 is 15.6 Å². The van der Waals surface area contributed by atoms with Crippen molar-refractivity contribution in [3.8, 4) is 0 Å². The Kier molecular flexibility index (Phi) is 80.2. The Morgan fingerprint density at radius 2 is 0.588 bits per heavy atom. The molecular formula is C90H171N3O19P2. The first kappa shape index (κ1) is 110. The van der Waals surface area contributed by atoms with E-state index in [2.05, 4.69) is 43.6 Å². The van der Waals surface area contributed by atoms with E-state index in [1.165, 1.54) is 283 Å². The standard InChI is InChI=1S/C90H171N3O19P2/c1-6-10-14-18-22-26-30-34-38-42-46-50-54-58-62-66-87(97)105-73-70-83(111-89(99)68-64-60-56-52-48-44-40-36-32-28-24-20-16-12-8-3)79-109-113(101,102)107-74-71-91-85(95)76-82(93-81(5)94)77-86(96)92-72-75-108-114(103,104)110-80-84(112-90(100)69-65-61-57-53-49-45-41-37-33-29-25-21-17-13-9-4)78-106-88(98)67-63-59-55-51-47-43-39-35-31-27-23-19-15-11-7-2/h70,73,82-84H,6-69,71-72,74-80H2,1-5H3,(H,91,95)(H,92,96)(H,93,94)(H,101,102)(H,103,104). The Hall–Kier alpha value is -3.75. The molecule has 3 amide bonds. The first-order chi connectivity index (χ1) is 55.3. The van der Waals surface area contributed by atoms with Gasteiger partial charge in [-0.25, -0.2) is 9.13 Å². The van der Waals surface area contributed by atoms with E-state index < -0.39 is 102 Å². The summed E-state index contributed by atoms with van der Waals surface area (Å²) in [7, 11) is -9.62. The van der Waals surface area contributed by atoms with Crippen molar-refractivity contribution in [1.29, 1.82) is 0 Å². The molecule has 0 saturated heterocycles. The van der Waals surface area contributed by atoms with Crippen LogP contribution in [0.4, 0.5) is 0 Å². The van der Waals surface area contributed by atoms with Gasteiger partial charge in [-0.15, -0.1) is 0 Å². The zero-order chi connectivity index (χ0) is 83.6.